The van der Waals surface area contributed by atoms with Gasteiger partial charge in [-0.1, -0.05) is 12.1 Å². The summed E-state index contributed by atoms with van der Waals surface area (Å²) >= 11 is 0. The van der Waals surface area contributed by atoms with Gasteiger partial charge in [0.1, 0.15) is 5.82 Å². The van der Waals surface area contributed by atoms with Crippen LogP contribution < -0.4 is 5.32 Å². The predicted molar refractivity (Wildman–Crippen MR) is 129 cm³/mol. The second-order valence-corrected chi connectivity index (χ2v) is 9.64. The van der Waals surface area contributed by atoms with Gasteiger partial charge in [-0.3, -0.25) is 0 Å². The molecule has 1 saturated heterocycles. The van der Waals surface area contributed by atoms with Gasteiger partial charge in [-0.25, -0.2) is 9.18 Å². The molecule has 1 saturated carbocycles. The van der Waals surface area contributed by atoms with Crippen molar-refractivity contribution in [3.05, 3.63) is 65.0 Å². The van der Waals surface area contributed by atoms with Gasteiger partial charge in [-0.15, -0.1) is 0 Å². The molecule has 0 unspecified atom stereocenters. The van der Waals surface area contributed by atoms with E-state index in [0.717, 1.165) is 69.3 Å². The van der Waals surface area contributed by atoms with Gasteiger partial charge in [0, 0.05) is 24.8 Å². The van der Waals surface area contributed by atoms with E-state index in [-0.39, 0.29) is 17.6 Å². The summed E-state index contributed by atoms with van der Waals surface area (Å²) in [7, 11) is 0. The van der Waals surface area contributed by atoms with Crippen molar-refractivity contribution in [3.63, 3.8) is 0 Å². The molecule has 1 aliphatic heterocycles. The Balaban J connectivity index is 1.46. The van der Waals surface area contributed by atoms with E-state index in [1.807, 2.05) is 18.2 Å². The molecule has 36 heavy (non-hydrogen) atoms. The van der Waals surface area contributed by atoms with Gasteiger partial charge >= 0.3 is 12.2 Å². The van der Waals surface area contributed by atoms with Crippen molar-refractivity contribution < 1.29 is 22.4 Å². The molecular weight excluding hydrogens is 472 g/mol. The first-order valence-electron chi connectivity index (χ1n) is 12.4. The monoisotopic (exact) mass is 502 g/mol. The number of alkyl halides is 3. The maximum absolute atomic E-state index is 13.9. The van der Waals surface area contributed by atoms with Crippen molar-refractivity contribution in [2.75, 3.05) is 31.5 Å². The average molecular weight is 503 g/mol. The predicted octanol–water partition coefficient (Wildman–Crippen LogP) is 6.37. The van der Waals surface area contributed by atoms with Crippen LogP contribution in [-0.2, 0) is 6.18 Å². The molecular formula is C27H30F4N4O. The van der Waals surface area contributed by atoms with Crippen LogP contribution in [0.25, 0.3) is 0 Å². The zero-order valence-electron chi connectivity index (χ0n) is 20.0. The lowest BCUT2D eigenvalue weighted by Crippen LogP contribution is -2.47. The topological polar surface area (TPSA) is 59.4 Å². The Labute approximate surface area is 208 Å². The Bertz CT molecular complexity index is 1100. The highest BCUT2D eigenvalue weighted by Crippen LogP contribution is 2.36. The summed E-state index contributed by atoms with van der Waals surface area (Å²) in [4.78, 5) is 17.3. The van der Waals surface area contributed by atoms with E-state index in [4.69, 9.17) is 0 Å². The first-order valence-corrected chi connectivity index (χ1v) is 12.4. The minimum atomic E-state index is -4.71. The molecule has 0 atom stereocenters. The number of nitrogens with one attached hydrogen (secondary N) is 1. The molecule has 5 nitrogen and oxygen atoms in total. The molecule has 2 fully saturated rings. The molecule has 9 heteroatoms. The third-order valence-electron chi connectivity index (χ3n) is 7.22. The van der Waals surface area contributed by atoms with Crippen LogP contribution in [0.15, 0.2) is 42.5 Å². The zero-order valence-corrected chi connectivity index (χ0v) is 20.0. The van der Waals surface area contributed by atoms with E-state index in [2.05, 4.69) is 16.3 Å². The lowest BCUT2D eigenvalue weighted by Gasteiger charge is -2.38. The second kappa shape index (κ2) is 11.3. The van der Waals surface area contributed by atoms with Crippen molar-refractivity contribution in [2.45, 2.75) is 56.7 Å². The molecule has 2 aliphatic rings. The average Bonchev–Trinajstić information content (AvgIpc) is 3.37. The Morgan fingerprint density at radius 1 is 1.08 bits per heavy atom. The number of hydrogen-bond acceptors (Lipinski definition) is 3. The quantitative estimate of drug-likeness (QED) is 0.467. The lowest BCUT2D eigenvalue weighted by molar-refractivity contribution is -0.137. The third kappa shape index (κ3) is 6.55. The summed E-state index contributed by atoms with van der Waals surface area (Å²) in [6, 6.07) is 11.3. The van der Waals surface area contributed by atoms with Crippen molar-refractivity contribution in [2.24, 2.45) is 0 Å². The first-order chi connectivity index (χ1) is 17.2. The van der Waals surface area contributed by atoms with Crippen molar-refractivity contribution in [3.8, 4) is 6.07 Å². The molecule has 192 valence electrons. The largest absolute Gasteiger partial charge is 0.416 e. The van der Waals surface area contributed by atoms with Crippen molar-refractivity contribution >= 4 is 11.7 Å². The van der Waals surface area contributed by atoms with Crippen LogP contribution in [0.4, 0.5) is 28.0 Å². The summed E-state index contributed by atoms with van der Waals surface area (Å²) in [5, 5.41) is 11.7. The highest BCUT2D eigenvalue weighted by molar-refractivity contribution is 5.89. The molecule has 1 heterocycles. The smallest absolute Gasteiger partial charge is 0.320 e. The molecule has 0 aromatic heterocycles. The molecule has 0 radical (unpaired) electrons. The van der Waals surface area contributed by atoms with Crippen LogP contribution in [0.5, 0.6) is 0 Å². The SMILES string of the molecule is N#Cc1cccc([C@H]2CC[C@@H](N(CCN3CCCC3)C(=O)Nc3cc(F)cc(C(F)(F)F)c3)CC2)c1. The number of nitrogens with zero attached hydrogens (tertiary/aromatic N) is 3. The van der Waals surface area contributed by atoms with E-state index in [1.165, 1.54) is 0 Å². The lowest BCUT2D eigenvalue weighted by atomic mass is 9.81. The van der Waals surface area contributed by atoms with Crippen LogP contribution >= 0.6 is 0 Å². The van der Waals surface area contributed by atoms with Crippen molar-refractivity contribution in [1.29, 1.82) is 5.26 Å². The maximum atomic E-state index is 13.9. The molecule has 1 aliphatic carbocycles. The Hall–Kier alpha value is -3.12. The number of anilines is 1. The van der Waals surface area contributed by atoms with Gasteiger partial charge < -0.3 is 15.1 Å². The Morgan fingerprint density at radius 3 is 2.47 bits per heavy atom. The highest BCUT2D eigenvalue weighted by atomic mass is 19.4. The van der Waals surface area contributed by atoms with Gasteiger partial charge in [-0.05, 0) is 93.4 Å². The van der Waals surface area contributed by atoms with Crippen molar-refractivity contribution in [1.82, 2.24) is 9.80 Å². The van der Waals surface area contributed by atoms with Gasteiger partial charge in [-0.2, -0.15) is 18.4 Å². The van der Waals surface area contributed by atoms with E-state index < -0.39 is 23.6 Å². The number of hydrogen-bond donors (Lipinski definition) is 1. The van der Waals surface area contributed by atoms with E-state index in [0.29, 0.717) is 24.7 Å². The zero-order chi connectivity index (χ0) is 25.7. The molecule has 1 N–H and O–H groups in total. The van der Waals surface area contributed by atoms with Crippen LogP contribution in [-0.4, -0.2) is 48.1 Å². The van der Waals surface area contributed by atoms with Gasteiger partial charge in [0.25, 0.3) is 0 Å². The summed E-state index contributed by atoms with van der Waals surface area (Å²) in [5.74, 6) is -0.764. The number of halogens is 4. The fourth-order valence-corrected chi connectivity index (χ4v) is 5.31. The summed E-state index contributed by atoms with van der Waals surface area (Å²) < 4.78 is 53.3. The fourth-order valence-electron chi connectivity index (χ4n) is 5.31. The Morgan fingerprint density at radius 2 is 1.81 bits per heavy atom. The number of urea groups is 1. The molecule has 4 rings (SSSR count). The van der Waals surface area contributed by atoms with E-state index in [9.17, 15) is 27.6 Å². The molecule has 2 aromatic carbocycles. The fraction of sp³-hybridized carbons (Fsp3) is 0.481. The minimum Gasteiger partial charge on any atom is -0.320 e. The van der Waals surface area contributed by atoms with Gasteiger partial charge in [0.2, 0.25) is 0 Å². The molecule has 2 amide bonds. The molecule has 0 spiro atoms. The Kier molecular flexibility index (Phi) is 8.14. The molecule has 0 bridgehead atoms. The second-order valence-electron chi connectivity index (χ2n) is 9.64. The first kappa shape index (κ1) is 26.0. The number of amides is 2. The van der Waals surface area contributed by atoms with E-state index in [1.54, 1.807) is 11.0 Å². The van der Waals surface area contributed by atoms with Gasteiger partial charge in [0.05, 0.1) is 17.2 Å². The van der Waals surface area contributed by atoms with Crippen LogP contribution in [0.2, 0.25) is 0 Å². The van der Waals surface area contributed by atoms with Crippen LogP contribution in [0, 0.1) is 17.1 Å². The third-order valence-corrected chi connectivity index (χ3v) is 7.22. The number of carbonyl (C=O) groups excluding carboxylic acids is 1. The maximum Gasteiger partial charge on any atom is 0.416 e. The van der Waals surface area contributed by atoms with Gasteiger partial charge in [0.15, 0.2) is 0 Å². The summed E-state index contributed by atoms with van der Waals surface area (Å²) in [6.07, 6.45) is 0.678. The highest BCUT2D eigenvalue weighted by Gasteiger charge is 2.33. The number of nitriles is 1. The standard InChI is InChI=1S/C27H30F4N4O/c28-23-15-22(27(29,30)31)16-24(17-23)33-26(36)35(13-12-34-10-1-2-11-34)25-8-6-20(7-9-25)21-5-3-4-19(14-21)18-32/h3-5,14-17,20,25H,1-2,6-13H2,(H,33,36)/t20-,25+. The summed E-state index contributed by atoms with van der Waals surface area (Å²) in [6.45, 7) is 3.08. The summed E-state index contributed by atoms with van der Waals surface area (Å²) in [5.41, 5.74) is 0.386. The number of carbonyl (C=O) groups is 1. The van der Waals surface area contributed by atoms with Crippen LogP contribution in [0.1, 0.15) is 61.1 Å². The number of likely N-dealkylation sites (tertiary alicyclic amines) is 1. The number of rotatable bonds is 6. The van der Waals surface area contributed by atoms with E-state index >= 15 is 0 Å². The molecule has 2 aromatic rings. The van der Waals surface area contributed by atoms with Crippen LogP contribution in [0.3, 0.4) is 0 Å². The normalized spacial score (nSPS) is 20.6. The number of benzene rings is 2. The minimum absolute atomic E-state index is 0.0707.